The predicted molar refractivity (Wildman–Crippen MR) is 86.0 cm³/mol. The smallest absolute Gasteiger partial charge is 0.266 e. The number of amides is 1. The van der Waals surface area contributed by atoms with Gasteiger partial charge >= 0.3 is 0 Å². The van der Waals surface area contributed by atoms with E-state index in [1.807, 2.05) is 37.3 Å². The lowest BCUT2D eigenvalue weighted by molar-refractivity contribution is -0.112. The fourth-order valence-corrected chi connectivity index (χ4v) is 2.23. The van der Waals surface area contributed by atoms with Crippen molar-refractivity contribution in [2.24, 2.45) is 0 Å². The van der Waals surface area contributed by atoms with Gasteiger partial charge in [-0.2, -0.15) is 5.26 Å². The van der Waals surface area contributed by atoms with E-state index in [9.17, 15) is 10.1 Å². The average Bonchev–Trinajstić information content (AvgIpc) is 3.01. The molecule has 2 aromatic rings. The lowest BCUT2D eigenvalue weighted by Crippen LogP contribution is -2.13. The standard InChI is InChI=1S/C18H14N2O3/c1-12-4-2-3-5-13(12)8-14(10-19)18(21)20-15-6-7-16-17(9-15)23-11-22-16/h2-9H,11H2,1H3,(H,20,21)/b14-8+. The molecular weight excluding hydrogens is 292 g/mol. The van der Waals surface area contributed by atoms with Crippen LogP contribution in [0.3, 0.4) is 0 Å². The number of nitriles is 1. The van der Waals surface area contributed by atoms with Crippen LogP contribution in [0.15, 0.2) is 48.0 Å². The van der Waals surface area contributed by atoms with E-state index in [1.165, 1.54) is 0 Å². The Hall–Kier alpha value is -3.26. The number of hydrogen-bond donors (Lipinski definition) is 1. The summed E-state index contributed by atoms with van der Waals surface area (Å²) >= 11 is 0. The maximum absolute atomic E-state index is 12.3. The highest BCUT2D eigenvalue weighted by molar-refractivity contribution is 6.09. The van der Waals surface area contributed by atoms with E-state index in [1.54, 1.807) is 24.3 Å². The number of ether oxygens (including phenoxy) is 2. The van der Waals surface area contributed by atoms with Gasteiger partial charge in [0, 0.05) is 11.8 Å². The lowest BCUT2D eigenvalue weighted by Gasteiger charge is -2.06. The van der Waals surface area contributed by atoms with Gasteiger partial charge in [-0.3, -0.25) is 4.79 Å². The molecule has 1 aliphatic heterocycles. The third-order valence-electron chi connectivity index (χ3n) is 3.48. The molecule has 2 aromatic carbocycles. The van der Waals surface area contributed by atoms with E-state index in [4.69, 9.17) is 9.47 Å². The number of benzene rings is 2. The van der Waals surface area contributed by atoms with Crippen LogP contribution in [-0.2, 0) is 4.79 Å². The van der Waals surface area contributed by atoms with Crippen LogP contribution in [0.5, 0.6) is 11.5 Å². The monoisotopic (exact) mass is 306 g/mol. The molecule has 0 aromatic heterocycles. The molecule has 5 heteroatoms. The van der Waals surface area contributed by atoms with Crippen molar-refractivity contribution in [1.82, 2.24) is 0 Å². The molecule has 1 aliphatic rings. The number of aryl methyl sites for hydroxylation is 1. The zero-order valence-electron chi connectivity index (χ0n) is 12.5. The molecule has 0 saturated heterocycles. The summed E-state index contributed by atoms with van der Waals surface area (Å²) in [4.78, 5) is 12.3. The Labute approximate surface area is 133 Å². The van der Waals surface area contributed by atoms with E-state index >= 15 is 0 Å². The molecule has 0 fully saturated rings. The van der Waals surface area contributed by atoms with Gasteiger partial charge in [-0.05, 0) is 36.3 Å². The highest BCUT2D eigenvalue weighted by Crippen LogP contribution is 2.34. The molecular formula is C18H14N2O3. The van der Waals surface area contributed by atoms with Gasteiger partial charge in [0.25, 0.3) is 5.91 Å². The van der Waals surface area contributed by atoms with Gasteiger partial charge in [-0.15, -0.1) is 0 Å². The summed E-state index contributed by atoms with van der Waals surface area (Å²) in [6.45, 7) is 2.10. The highest BCUT2D eigenvalue weighted by atomic mass is 16.7. The van der Waals surface area contributed by atoms with E-state index in [2.05, 4.69) is 5.32 Å². The molecule has 0 bridgehead atoms. The van der Waals surface area contributed by atoms with Crippen molar-refractivity contribution >= 4 is 17.7 Å². The summed E-state index contributed by atoms with van der Waals surface area (Å²) in [5.41, 5.74) is 2.42. The van der Waals surface area contributed by atoms with Gasteiger partial charge in [0.05, 0.1) is 0 Å². The minimum Gasteiger partial charge on any atom is -0.454 e. The summed E-state index contributed by atoms with van der Waals surface area (Å²) in [7, 11) is 0. The van der Waals surface area contributed by atoms with Crippen molar-refractivity contribution < 1.29 is 14.3 Å². The number of nitrogens with one attached hydrogen (secondary N) is 1. The first-order valence-corrected chi connectivity index (χ1v) is 7.06. The van der Waals surface area contributed by atoms with Crippen molar-refractivity contribution in [2.75, 3.05) is 12.1 Å². The number of hydrogen-bond acceptors (Lipinski definition) is 4. The Balaban J connectivity index is 1.81. The summed E-state index contributed by atoms with van der Waals surface area (Å²) in [5, 5.41) is 12.0. The minimum absolute atomic E-state index is 0.0389. The maximum Gasteiger partial charge on any atom is 0.266 e. The van der Waals surface area contributed by atoms with Crippen molar-refractivity contribution in [2.45, 2.75) is 6.92 Å². The Morgan fingerprint density at radius 3 is 2.78 bits per heavy atom. The van der Waals surface area contributed by atoms with Crippen LogP contribution in [0.2, 0.25) is 0 Å². The third kappa shape index (κ3) is 3.16. The number of carbonyl (C=O) groups excluding carboxylic acids is 1. The summed E-state index contributed by atoms with van der Waals surface area (Å²) in [6.07, 6.45) is 1.58. The molecule has 3 rings (SSSR count). The largest absolute Gasteiger partial charge is 0.454 e. The number of rotatable bonds is 3. The van der Waals surface area contributed by atoms with Crippen LogP contribution >= 0.6 is 0 Å². The third-order valence-corrected chi connectivity index (χ3v) is 3.48. The molecule has 0 unspecified atom stereocenters. The van der Waals surface area contributed by atoms with Crippen LogP contribution in [-0.4, -0.2) is 12.7 Å². The van der Waals surface area contributed by atoms with Gasteiger partial charge in [0.2, 0.25) is 6.79 Å². The summed E-state index contributed by atoms with van der Waals surface area (Å²) in [6, 6.07) is 14.6. The van der Waals surface area contributed by atoms with Gasteiger partial charge in [0.1, 0.15) is 11.6 Å². The summed E-state index contributed by atoms with van der Waals surface area (Å²) in [5.74, 6) is 0.748. The Kier molecular flexibility index (Phi) is 3.98. The Morgan fingerprint density at radius 1 is 1.22 bits per heavy atom. The second-order valence-corrected chi connectivity index (χ2v) is 5.05. The molecule has 0 atom stereocenters. The minimum atomic E-state index is -0.463. The average molecular weight is 306 g/mol. The van der Waals surface area contributed by atoms with E-state index in [0.29, 0.717) is 17.2 Å². The second-order valence-electron chi connectivity index (χ2n) is 5.05. The first-order valence-electron chi connectivity index (χ1n) is 7.06. The van der Waals surface area contributed by atoms with Crippen LogP contribution in [0.1, 0.15) is 11.1 Å². The maximum atomic E-state index is 12.3. The highest BCUT2D eigenvalue weighted by Gasteiger charge is 2.15. The quantitative estimate of drug-likeness (QED) is 0.698. The molecule has 5 nitrogen and oxygen atoms in total. The fourth-order valence-electron chi connectivity index (χ4n) is 2.23. The van der Waals surface area contributed by atoms with Crippen molar-refractivity contribution in [3.05, 3.63) is 59.2 Å². The second kappa shape index (κ2) is 6.24. The molecule has 0 radical (unpaired) electrons. The first-order chi connectivity index (χ1) is 11.2. The van der Waals surface area contributed by atoms with Crippen LogP contribution < -0.4 is 14.8 Å². The van der Waals surface area contributed by atoms with E-state index in [-0.39, 0.29) is 12.4 Å². The van der Waals surface area contributed by atoms with Gasteiger partial charge < -0.3 is 14.8 Å². The summed E-state index contributed by atoms with van der Waals surface area (Å²) < 4.78 is 10.5. The normalized spacial score (nSPS) is 12.6. The van der Waals surface area contributed by atoms with Gasteiger partial charge in [-0.1, -0.05) is 24.3 Å². The van der Waals surface area contributed by atoms with Crippen LogP contribution in [0.4, 0.5) is 5.69 Å². The van der Waals surface area contributed by atoms with E-state index in [0.717, 1.165) is 11.1 Å². The van der Waals surface area contributed by atoms with Gasteiger partial charge in [0.15, 0.2) is 11.5 Å². The molecule has 1 amide bonds. The van der Waals surface area contributed by atoms with Crippen LogP contribution in [0.25, 0.3) is 6.08 Å². The molecule has 1 N–H and O–H groups in total. The molecule has 0 saturated carbocycles. The zero-order chi connectivity index (χ0) is 16.2. The Bertz CT molecular complexity index is 834. The van der Waals surface area contributed by atoms with Crippen molar-refractivity contribution in [1.29, 1.82) is 5.26 Å². The SMILES string of the molecule is Cc1ccccc1/C=C(\C#N)C(=O)Nc1ccc2c(c1)OCO2. The Morgan fingerprint density at radius 2 is 2.00 bits per heavy atom. The van der Waals surface area contributed by atoms with Crippen molar-refractivity contribution in [3.63, 3.8) is 0 Å². The molecule has 0 spiro atoms. The van der Waals surface area contributed by atoms with Crippen LogP contribution in [0, 0.1) is 18.3 Å². The van der Waals surface area contributed by atoms with Gasteiger partial charge in [-0.25, -0.2) is 0 Å². The first kappa shape index (κ1) is 14.7. The molecule has 0 aliphatic carbocycles. The predicted octanol–water partition coefficient (Wildman–Crippen LogP) is 3.27. The molecule has 23 heavy (non-hydrogen) atoms. The lowest BCUT2D eigenvalue weighted by atomic mass is 10.1. The number of nitrogens with zero attached hydrogens (tertiary/aromatic N) is 1. The van der Waals surface area contributed by atoms with Crippen molar-refractivity contribution in [3.8, 4) is 17.6 Å². The topological polar surface area (TPSA) is 71.4 Å². The number of carbonyl (C=O) groups is 1. The number of anilines is 1. The fraction of sp³-hybridized carbons (Fsp3) is 0.111. The molecule has 114 valence electrons. The zero-order valence-corrected chi connectivity index (χ0v) is 12.5. The number of fused-ring (bicyclic) bond motifs is 1. The van der Waals surface area contributed by atoms with E-state index < -0.39 is 5.91 Å². The molecule has 1 heterocycles.